The van der Waals surface area contributed by atoms with Crippen LogP contribution in [-0.2, 0) is 0 Å². The van der Waals surface area contributed by atoms with Crippen LogP contribution < -0.4 is 0 Å². The molecule has 0 aromatic heterocycles. The molecule has 3 aliphatic rings. The number of rotatable bonds is 0. The van der Waals surface area contributed by atoms with E-state index in [1.165, 1.54) is 6.42 Å². The summed E-state index contributed by atoms with van der Waals surface area (Å²) in [5.74, 6) is 1.80. The van der Waals surface area contributed by atoms with Crippen LogP contribution in [0.1, 0.15) is 48.0 Å². The molecular formula is C13H23N. The van der Waals surface area contributed by atoms with E-state index in [0.717, 1.165) is 17.9 Å². The molecule has 2 aliphatic heterocycles. The average Bonchev–Trinajstić information content (AvgIpc) is 2.46. The summed E-state index contributed by atoms with van der Waals surface area (Å²) in [5, 5.41) is 0. The Kier molecular flexibility index (Phi) is 1.27. The zero-order valence-electron chi connectivity index (χ0n) is 10.4. The summed E-state index contributed by atoms with van der Waals surface area (Å²) >= 11 is 0. The first kappa shape index (κ1) is 9.21. The first-order valence-corrected chi connectivity index (χ1v) is 6.09. The predicted octanol–water partition coefficient (Wildman–Crippen LogP) is 2.90. The van der Waals surface area contributed by atoms with Gasteiger partial charge in [0, 0.05) is 17.1 Å². The highest BCUT2D eigenvalue weighted by molar-refractivity contribution is 5.40. The van der Waals surface area contributed by atoms with Gasteiger partial charge in [-0.2, -0.15) is 0 Å². The Hall–Kier alpha value is -0.0400. The Morgan fingerprint density at radius 2 is 1.64 bits per heavy atom. The summed E-state index contributed by atoms with van der Waals surface area (Å²) in [6.07, 6.45) is 1.42. The summed E-state index contributed by atoms with van der Waals surface area (Å²) in [4.78, 5) is 2.83. The second kappa shape index (κ2) is 1.93. The number of piperidine rings is 1. The Morgan fingerprint density at radius 1 is 1.07 bits per heavy atom. The van der Waals surface area contributed by atoms with Crippen LogP contribution >= 0.6 is 0 Å². The van der Waals surface area contributed by atoms with Crippen molar-refractivity contribution in [3.8, 4) is 0 Å². The molecular weight excluding hydrogens is 170 g/mol. The van der Waals surface area contributed by atoms with E-state index in [4.69, 9.17) is 0 Å². The van der Waals surface area contributed by atoms with Gasteiger partial charge in [0.15, 0.2) is 0 Å². The summed E-state index contributed by atoms with van der Waals surface area (Å²) in [6, 6.07) is 0.792. The van der Waals surface area contributed by atoms with E-state index in [-0.39, 0.29) is 0 Å². The van der Waals surface area contributed by atoms with Crippen LogP contribution in [0.25, 0.3) is 0 Å². The van der Waals surface area contributed by atoms with Crippen LogP contribution in [0.2, 0.25) is 0 Å². The van der Waals surface area contributed by atoms with Gasteiger partial charge in [-0.05, 0) is 44.4 Å². The molecule has 1 saturated carbocycles. The quantitative estimate of drug-likeness (QED) is 0.572. The van der Waals surface area contributed by atoms with Gasteiger partial charge in [0.1, 0.15) is 0 Å². The van der Waals surface area contributed by atoms with Crippen molar-refractivity contribution in [3.63, 3.8) is 0 Å². The largest absolute Gasteiger partial charge is 0.289 e. The van der Waals surface area contributed by atoms with Crippen LogP contribution in [0.5, 0.6) is 0 Å². The lowest BCUT2D eigenvalue weighted by Gasteiger charge is -2.58. The number of nitrogens with zero attached hydrogens (tertiary/aromatic N) is 1. The smallest absolute Gasteiger partial charge is 0.0326 e. The standard InChI is InChI=1S/C13H23N/c1-8-9(2)14-11(4,5)7-13(14)10(3)12(8,13)6/h8-10H,7H2,1-6H3. The van der Waals surface area contributed by atoms with Gasteiger partial charge in [0.25, 0.3) is 0 Å². The normalized spacial score (nSPS) is 64.3. The molecule has 0 aromatic rings. The van der Waals surface area contributed by atoms with Gasteiger partial charge in [-0.15, -0.1) is 0 Å². The van der Waals surface area contributed by atoms with Crippen molar-refractivity contribution in [2.24, 2.45) is 17.3 Å². The van der Waals surface area contributed by atoms with Crippen molar-refractivity contribution in [2.75, 3.05) is 0 Å². The van der Waals surface area contributed by atoms with Gasteiger partial charge in [-0.3, -0.25) is 4.90 Å². The molecule has 2 heterocycles. The van der Waals surface area contributed by atoms with Gasteiger partial charge in [-0.1, -0.05) is 20.8 Å². The lowest BCUT2D eigenvalue weighted by molar-refractivity contribution is -0.0888. The molecule has 14 heavy (non-hydrogen) atoms. The minimum Gasteiger partial charge on any atom is -0.289 e. The highest BCUT2D eigenvalue weighted by atomic mass is 15.4. The minimum absolute atomic E-state index is 0.468. The van der Waals surface area contributed by atoms with Crippen molar-refractivity contribution < 1.29 is 0 Å². The SMILES string of the molecule is CC1C(C)C2(C)C(C)C23CC(C)(C)N13. The van der Waals surface area contributed by atoms with Crippen molar-refractivity contribution in [1.29, 1.82) is 0 Å². The lowest BCUT2D eigenvalue weighted by atomic mass is 9.77. The second-order valence-electron chi connectivity index (χ2n) is 6.82. The molecule has 1 heteroatoms. The van der Waals surface area contributed by atoms with Gasteiger partial charge in [0.05, 0.1) is 0 Å². The third kappa shape index (κ3) is 0.553. The summed E-state index contributed by atoms with van der Waals surface area (Å²) in [6.45, 7) is 14.7. The van der Waals surface area contributed by atoms with E-state index < -0.39 is 0 Å². The first-order valence-electron chi connectivity index (χ1n) is 6.09. The molecule has 0 radical (unpaired) electrons. The van der Waals surface area contributed by atoms with Gasteiger partial charge >= 0.3 is 0 Å². The Labute approximate surface area is 87.9 Å². The second-order valence-corrected chi connectivity index (χ2v) is 6.82. The van der Waals surface area contributed by atoms with E-state index in [1.54, 1.807) is 0 Å². The Bertz CT molecular complexity index is 308. The Balaban J connectivity index is 2.06. The van der Waals surface area contributed by atoms with Crippen LogP contribution in [0.15, 0.2) is 0 Å². The fourth-order valence-corrected chi connectivity index (χ4v) is 5.46. The van der Waals surface area contributed by atoms with Crippen molar-refractivity contribution in [3.05, 3.63) is 0 Å². The maximum Gasteiger partial charge on any atom is 0.0326 e. The average molecular weight is 193 g/mol. The van der Waals surface area contributed by atoms with Gasteiger partial charge in [-0.25, -0.2) is 0 Å². The van der Waals surface area contributed by atoms with Crippen LogP contribution in [0.4, 0.5) is 0 Å². The zero-order valence-corrected chi connectivity index (χ0v) is 10.4. The third-order valence-electron chi connectivity index (χ3n) is 6.33. The van der Waals surface area contributed by atoms with E-state index in [9.17, 15) is 0 Å². The minimum atomic E-state index is 0.468. The highest BCUT2D eigenvalue weighted by Gasteiger charge is 2.87. The molecule has 80 valence electrons. The molecule has 5 unspecified atom stereocenters. The van der Waals surface area contributed by atoms with E-state index in [0.29, 0.717) is 16.5 Å². The maximum atomic E-state index is 2.83. The summed E-state index contributed by atoms with van der Waals surface area (Å²) in [5.41, 5.74) is 1.70. The molecule has 1 nitrogen and oxygen atoms in total. The monoisotopic (exact) mass is 193 g/mol. The molecule has 1 spiro atoms. The van der Waals surface area contributed by atoms with E-state index in [1.807, 2.05) is 0 Å². The fourth-order valence-electron chi connectivity index (χ4n) is 5.46. The highest BCUT2D eigenvalue weighted by Crippen LogP contribution is 2.82. The fraction of sp³-hybridized carbons (Fsp3) is 1.00. The van der Waals surface area contributed by atoms with E-state index in [2.05, 4.69) is 46.4 Å². The number of hydrogen-bond donors (Lipinski definition) is 0. The molecule has 3 fully saturated rings. The van der Waals surface area contributed by atoms with Crippen LogP contribution in [-0.4, -0.2) is 22.0 Å². The molecule has 0 aromatic carbocycles. The number of hydrogen-bond acceptors (Lipinski definition) is 1. The van der Waals surface area contributed by atoms with Crippen LogP contribution in [0.3, 0.4) is 0 Å². The Morgan fingerprint density at radius 3 is 2.07 bits per heavy atom. The third-order valence-corrected chi connectivity index (χ3v) is 6.33. The van der Waals surface area contributed by atoms with Crippen LogP contribution in [0, 0.1) is 17.3 Å². The predicted molar refractivity (Wildman–Crippen MR) is 59.2 cm³/mol. The summed E-state index contributed by atoms with van der Waals surface area (Å²) in [7, 11) is 0. The molecule has 0 bridgehead atoms. The molecule has 0 N–H and O–H groups in total. The van der Waals surface area contributed by atoms with Gasteiger partial charge in [0.2, 0.25) is 0 Å². The molecule has 2 saturated heterocycles. The lowest BCUT2D eigenvalue weighted by Crippen LogP contribution is -2.66. The molecule has 5 atom stereocenters. The maximum absolute atomic E-state index is 2.83. The topological polar surface area (TPSA) is 3.24 Å². The molecule has 1 aliphatic carbocycles. The van der Waals surface area contributed by atoms with Crippen molar-refractivity contribution in [2.45, 2.75) is 65.1 Å². The first-order chi connectivity index (χ1) is 6.30. The van der Waals surface area contributed by atoms with Crippen molar-refractivity contribution >= 4 is 0 Å². The molecule has 3 rings (SSSR count). The van der Waals surface area contributed by atoms with Gasteiger partial charge < -0.3 is 0 Å². The summed E-state index contributed by atoms with van der Waals surface area (Å²) < 4.78 is 0. The molecule has 0 amide bonds. The van der Waals surface area contributed by atoms with Crippen molar-refractivity contribution in [1.82, 2.24) is 4.90 Å². The van der Waals surface area contributed by atoms with E-state index >= 15 is 0 Å². The zero-order chi connectivity index (χ0) is 10.5.